The lowest BCUT2D eigenvalue weighted by Crippen LogP contribution is -2.66. The van der Waals surface area contributed by atoms with Gasteiger partial charge in [0, 0.05) is 33.2 Å². The van der Waals surface area contributed by atoms with E-state index in [2.05, 4.69) is 39.0 Å². The number of rotatable bonds is 14. The molecule has 0 radical (unpaired) electrons. The van der Waals surface area contributed by atoms with E-state index in [1.54, 1.807) is 24.2 Å². The number of nitrogens with one attached hydrogen (secondary N) is 2. The lowest BCUT2D eigenvalue weighted by molar-refractivity contribution is -0.178. The molecule has 11 nitrogen and oxygen atoms in total. The highest BCUT2D eigenvalue weighted by molar-refractivity contribution is 5.82. The van der Waals surface area contributed by atoms with E-state index in [1.165, 1.54) is 33.7 Å². The van der Waals surface area contributed by atoms with Gasteiger partial charge in [-0.2, -0.15) is 0 Å². The van der Waals surface area contributed by atoms with Crippen molar-refractivity contribution in [3.05, 3.63) is 84.2 Å². The van der Waals surface area contributed by atoms with Gasteiger partial charge in [-0.05, 0) is 50.2 Å². The minimum atomic E-state index is -0.472. The van der Waals surface area contributed by atoms with Crippen LogP contribution in [-0.4, -0.2) is 111 Å². The molecular weight excluding hydrogens is 567 g/mol. The number of carbonyl (C=O) groups excluding carboxylic acids is 4. The summed E-state index contributed by atoms with van der Waals surface area (Å²) in [6.45, 7) is 8.48. The molecule has 44 heavy (non-hydrogen) atoms. The van der Waals surface area contributed by atoms with Gasteiger partial charge >= 0.3 is 6.09 Å². The summed E-state index contributed by atoms with van der Waals surface area (Å²) in [5.74, 6) is -0.330. The molecular formula is C32H47FN6O5. The quantitative estimate of drug-likeness (QED) is 0.247. The maximum absolute atomic E-state index is 12.3. The highest BCUT2D eigenvalue weighted by Crippen LogP contribution is 2.15. The van der Waals surface area contributed by atoms with Gasteiger partial charge in [0.2, 0.25) is 12.3 Å². The zero-order valence-electron chi connectivity index (χ0n) is 26.3. The number of halogens is 1. The summed E-state index contributed by atoms with van der Waals surface area (Å²) in [6.07, 6.45) is 3.89. The van der Waals surface area contributed by atoms with Crippen LogP contribution in [0.5, 0.6) is 0 Å². The van der Waals surface area contributed by atoms with Crippen LogP contribution in [0.4, 0.5) is 9.18 Å². The van der Waals surface area contributed by atoms with E-state index in [1.807, 2.05) is 39.2 Å². The van der Waals surface area contributed by atoms with Crippen molar-refractivity contribution in [2.45, 2.75) is 32.5 Å². The molecule has 0 spiro atoms. The first-order valence-corrected chi connectivity index (χ1v) is 14.5. The Morgan fingerprint density at radius 3 is 2.39 bits per heavy atom. The largest absolute Gasteiger partial charge is 0.445 e. The van der Waals surface area contributed by atoms with Crippen molar-refractivity contribution in [2.75, 3.05) is 60.5 Å². The van der Waals surface area contributed by atoms with E-state index < -0.39 is 6.17 Å². The normalized spacial score (nSPS) is 14.5. The zero-order valence-corrected chi connectivity index (χ0v) is 26.3. The van der Waals surface area contributed by atoms with Crippen LogP contribution in [0.15, 0.2) is 67.3 Å². The number of aldehydes is 1. The maximum Gasteiger partial charge on any atom is 0.407 e. The molecule has 3 rings (SSSR count). The second kappa shape index (κ2) is 22.4. The number of hydrazine groups is 1. The Kier molecular flexibility index (Phi) is 19.3. The summed E-state index contributed by atoms with van der Waals surface area (Å²) in [5, 5.41) is 8.60. The number of hydrogen-bond acceptors (Lipinski definition) is 8. The average molecular weight is 615 g/mol. The summed E-state index contributed by atoms with van der Waals surface area (Å²) in [6, 6.07) is 16.6. The Balaban J connectivity index is 0.000000398. The Labute approximate surface area is 260 Å². The fourth-order valence-electron chi connectivity index (χ4n) is 4.10. The van der Waals surface area contributed by atoms with Crippen molar-refractivity contribution in [1.29, 1.82) is 0 Å². The Bertz CT molecular complexity index is 1120. The molecule has 0 aliphatic carbocycles. The summed E-state index contributed by atoms with van der Waals surface area (Å²) in [5.41, 5.74) is 2.34. The van der Waals surface area contributed by atoms with Crippen LogP contribution in [-0.2, 0) is 32.1 Å². The lowest BCUT2D eigenvalue weighted by atomic mass is 10.1. The van der Waals surface area contributed by atoms with Gasteiger partial charge in [0.25, 0.3) is 0 Å². The van der Waals surface area contributed by atoms with E-state index in [-0.39, 0.29) is 37.5 Å². The molecule has 1 unspecified atom stereocenters. The summed E-state index contributed by atoms with van der Waals surface area (Å²) < 4.78 is 16.9. The number of ether oxygens (including phenoxy) is 1. The fourth-order valence-corrected chi connectivity index (χ4v) is 4.10. The molecule has 2 aromatic carbocycles. The third kappa shape index (κ3) is 14.9. The van der Waals surface area contributed by atoms with Crippen LogP contribution in [0, 0.1) is 5.82 Å². The number of alkyl carbamates (subject to hydrolysis) is 1. The van der Waals surface area contributed by atoms with Gasteiger partial charge in [0.1, 0.15) is 24.9 Å². The molecule has 0 aromatic heterocycles. The van der Waals surface area contributed by atoms with Crippen molar-refractivity contribution in [3.8, 4) is 0 Å². The van der Waals surface area contributed by atoms with Gasteiger partial charge in [-0.15, -0.1) is 0 Å². The predicted octanol–water partition coefficient (Wildman–Crippen LogP) is 2.69. The second-order valence-corrected chi connectivity index (χ2v) is 9.96. The van der Waals surface area contributed by atoms with Crippen LogP contribution in [0.1, 0.15) is 24.5 Å². The zero-order chi connectivity index (χ0) is 32.7. The molecule has 1 aliphatic rings. The van der Waals surface area contributed by atoms with Crippen LogP contribution in [0.2, 0.25) is 0 Å². The Hall–Kier alpha value is -4.13. The van der Waals surface area contributed by atoms with Gasteiger partial charge < -0.3 is 30.0 Å². The number of amides is 3. The van der Waals surface area contributed by atoms with Gasteiger partial charge in [-0.3, -0.25) is 14.6 Å². The fraction of sp³-hybridized carbons (Fsp3) is 0.438. The van der Waals surface area contributed by atoms with E-state index in [4.69, 9.17) is 0 Å². The van der Waals surface area contributed by atoms with Crippen LogP contribution >= 0.6 is 0 Å². The first kappa shape index (κ1) is 37.9. The number of carbonyl (C=O) groups is 4. The third-order valence-corrected chi connectivity index (χ3v) is 6.37. The molecule has 1 aliphatic heterocycles. The molecule has 0 saturated carbocycles. The molecule has 2 aromatic rings. The second-order valence-electron chi connectivity index (χ2n) is 9.96. The van der Waals surface area contributed by atoms with Crippen molar-refractivity contribution in [3.63, 3.8) is 0 Å². The first-order chi connectivity index (χ1) is 21.2. The standard InChI is InChI=1S/C17H24N4O3.C8H10FN.C7H13NO2/c1-18(9-8-15-6-4-3-5-7-15)12-16-20(10-11-22)17(24)13-19(2)21(16)14-23;1-10-6-7-2-4-8(9)5-3-7;1-3-5-8-7(9)10-6-4-2/h3-7,11,14,16H,8-10,12-13H2,1-2H3;2-5,10H,6H2,1H3;4H,2-3,5-6H2,1H3,(H,8,9). The van der Waals surface area contributed by atoms with E-state index >= 15 is 0 Å². The number of hydrogen-bond donors (Lipinski definition) is 2. The smallest absolute Gasteiger partial charge is 0.407 e. The van der Waals surface area contributed by atoms with Crippen molar-refractivity contribution in [2.24, 2.45) is 0 Å². The first-order valence-electron chi connectivity index (χ1n) is 14.5. The molecule has 1 fully saturated rings. The highest BCUT2D eigenvalue weighted by atomic mass is 19.1. The molecule has 1 saturated heterocycles. The van der Waals surface area contributed by atoms with Crippen molar-refractivity contribution >= 4 is 24.7 Å². The third-order valence-electron chi connectivity index (χ3n) is 6.37. The van der Waals surface area contributed by atoms with Gasteiger partial charge in [0.05, 0.1) is 13.1 Å². The lowest BCUT2D eigenvalue weighted by Gasteiger charge is -2.46. The van der Waals surface area contributed by atoms with Crippen LogP contribution in [0.3, 0.4) is 0 Å². The van der Waals surface area contributed by atoms with Crippen LogP contribution in [0.25, 0.3) is 0 Å². The maximum atomic E-state index is 12.3. The van der Waals surface area contributed by atoms with E-state index in [0.29, 0.717) is 25.8 Å². The minimum absolute atomic E-state index is 0.00575. The molecule has 2 N–H and O–H groups in total. The summed E-state index contributed by atoms with van der Waals surface area (Å²) >= 11 is 0. The van der Waals surface area contributed by atoms with E-state index in [0.717, 1.165) is 31.5 Å². The minimum Gasteiger partial charge on any atom is -0.445 e. The number of benzene rings is 2. The topological polar surface area (TPSA) is 115 Å². The molecule has 242 valence electrons. The van der Waals surface area contributed by atoms with E-state index in [9.17, 15) is 23.6 Å². The summed E-state index contributed by atoms with van der Waals surface area (Å²) in [7, 11) is 5.51. The number of likely N-dealkylation sites (N-methyl/N-ethyl adjacent to an activating group) is 2. The molecule has 3 amide bonds. The monoisotopic (exact) mass is 614 g/mol. The SMILES string of the molecule is C=CCOC(=O)NCCC.CN(CCc1ccccc1)CC1N(CC=O)C(=O)CN(C)N1C=O.CNCc1ccc(F)cc1. The molecule has 0 bridgehead atoms. The molecule has 1 heterocycles. The molecule has 1 atom stereocenters. The predicted molar refractivity (Wildman–Crippen MR) is 169 cm³/mol. The molecule has 12 heteroatoms. The van der Waals surface area contributed by atoms with Gasteiger partial charge in [-0.25, -0.2) is 14.2 Å². The van der Waals surface area contributed by atoms with Gasteiger partial charge in [0.15, 0.2) is 0 Å². The highest BCUT2D eigenvalue weighted by Gasteiger charge is 2.37. The van der Waals surface area contributed by atoms with Crippen molar-refractivity contribution < 1.29 is 28.3 Å². The average Bonchev–Trinajstić information content (AvgIpc) is 3.02. The summed E-state index contributed by atoms with van der Waals surface area (Å²) in [4.78, 5) is 48.6. The van der Waals surface area contributed by atoms with Crippen LogP contribution < -0.4 is 10.6 Å². The van der Waals surface area contributed by atoms with Crippen molar-refractivity contribution in [1.82, 2.24) is 30.5 Å². The van der Waals surface area contributed by atoms with Gasteiger partial charge in [-0.1, -0.05) is 62.0 Å². The Morgan fingerprint density at radius 1 is 1.14 bits per heavy atom. The Morgan fingerprint density at radius 2 is 1.82 bits per heavy atom. The number of nitrogens with zero attached hydrogens (tertiary/aromatic N) is 4.